The highest BCUT2D eigenvalue weighted by molar-refractivity contribution is 6.00. The summed E-state index contributed by atoms with van der Waals surface area (Å²) in [4.78, 5) is 26.0. The Morgan fingerprint density at radius 2 is 1.22 bits per heavy atom. The molecule has 0 aliphatic heterocycles. The van der Waals surface area contributed by atoms with Gasteiger partial charge in [-0.3, -0.25) is 9.59 Å². The van der Waals surface area contributed by atoms with Crippen LogP contribution in [0.5, 0.6) is 0 Å². The van der Waals surface area contributed by atoms with Crippen molar-refractivity contribution in [2.24, 2.45) is 11.3 Å². The molecule has 1 rings (SSSR count). The summed E-state index contributed by atoms with van der Waals surface area (Å²) in [6, 6.07) is 0. The highest BCUT2D eigenvalue weighted by atomic mass is 16.6. The number of rotatable bonds is 4. The molecule has 1 aliphatic rings. The summed E-state index contributed by atoms with van der Waals surface area (Å²) in [5, 5.41) is 0. The fraction of sp³-hybridized carbons (Fsp3) is 0.895. The topological polar surface area (TPSA) is 52.6 Å². The Kier molecular flexibility index (Phi) is 6.28. The zero-order valence-corrected chi connectivity index (χ0v) is 16.0. The van der Waals surface area contributed by atoms with E-state index in [1.807, 2.05) is 48.5 Å². The lowest BCUT2D eigenvalue weighted by atomic mass is 9.67. The molecule has 4 heteroatoms. The quantitative estimate of drug-likeness (QED) is 0.557. The second kappa shape index (κ2) is 7.23. The third kappa shape index (κ3) is 5.22. The highest BCUT2D eigenvalue weighted by Gasteiger charge is 2.54. The van der Waals surface area contributed by atoms with Crippen LogP contribution in [0.3, 0.4) is 0 Å². The van der Waals surface area contributed by atoms with Gasteiger partial charge in [0.05, 0.1) is 0 Å². The SMILES string of the molecule is CCC(C(=O)OC(C)(C)C)(C(=O)OC(C)(C)C)C1CCCCC1. The normalized spacial score (nSPS) is 17.7. The average molecular weight is 326 g/mol. The van der Waals surface area contributed by atoms with E-state index in [0.717, 1.165) is 25.7 Å². The number of ether oxygens (including phenoxy) is 2. The van der Waals surface area contributed by atoms with Crippen molar-refractivity contribution in [2.75, 3.05) is 0 Å². The van der Waals surface area contributed by atoms with Crippen LogP contribution in [0, 0.1) is 11.3 Å². The molecule has 0 bridgehead atoms. The molecule has 4 nitrogen and oxygen atoms in total. The van der Waals surface area contributed by atoms with Crippen molar-refractivity contribution < 1.29 is 19.1 Å². The summed E-state index contributed by atoms with van der Waals surface area (Å²) in [7, 11) is 0. The first kappa shape index (κ1) is 20.0. The van der Waals surface area contributed by atoms with Gasteiger partial charge in [-0.15, -0.1) is 0 Å². The Bertz CT molecular complexity index is 392. The van der Waals surface area contributed by atoms with Gasteiger partial charge in [-0.1, -0.05) is 26.2 Å². The van der Waals surface area contributed by atoms with Gasteiger partial charge in [0.1, 0.15) is 11.2 Å². The van der Waals surface area contributed by atoms with Crippen LogP contribution in [0.1, 0.15) is 87.0 Å². The maximum atomic E-state index is 13.0. The third-order valence-electron chi connectivity index (χ3n) is 4.39. The first-order chi connectivity index (χ1) is 10.4. The Morgan fingerprint density at radius 1 is 0.826 bits per heavy atom. The Morgan fingerprint density at radius 3 is 1.52 bits per heavy atom. The largest absolute Gasteiger partial charge is 0.459 e. The van der Waals surface area contributed by atoms with Crippen molar-refractivity contribution in [3.8, 4) is 0 Å². The minimum atomic E-state index is -1.18. The van der Waals surface area contributed by atoms with Gasteiger partial charge in [-0.2, -0.15) is 0 Å². The molecule has 0 radical (unpaired) electrons. The van der Waals surface area contributed by atoms with E-state index in [9.17, 15) is 9.59 Å². The van der Waals surface area contributed by atoms with Crippen molar-refractivity contribution >= 4 is 11.9 Å². The molecule has 1 aliphatic carbocycles. The van der Waals surface area contributed by atoms with Crippen LogP contribution in [-0.2, 0) is 19.1 Å². The van der Waals surface area contributed by atoms with Crippen molar-refractivity contribution in [2.45, 2.75) is 98.2 Å². The second-order valence-corrected chi connectivity index (χ2v) is 8.66. The zero-order valence-electron chi connectivity index (χ0n) is 16.0. The van der Waals surface area contributed by atoms with Crippen LogP contribution >= 0.6 is 0 Å². The molecule has 0 aromatic carbocycles. The predicted molar refractivity (Wildman–Crippen MR) is 91.0 cm³/mol. The fourth-order valence-electron chi connectivity index (χ4n) is 3.33. The standard InChI is InChI=1S/C19H34O4/c1-8-19(14-12-10-9-11-13-14,15(20)22-17(2,3)4)16(21)23-18(5,6)7/h14H,8-13H2,1-7H3. The molecule has 1 fully saturated rings. The van der Waals surface area contributed by atoms with Gasteiger partial charge >= 0.3 is 11.9 Å². The van der Waals surface area contributed by atoms with E-state index in [1.165, 1.54) is 6.42 Å². The molecular weight excluding hydrogens is 292 g/mol. The summed E-state index contributed by atoms with van der Waals surface area (Å²) < 4.78 is 11.3. The molecule has 0 saturated heterocycles. The lowest BCUT2D eigenvalue weighted by Crippen LogP contribution is -2.51. The molecule has 0 amide bonds. The van der Waals surface area contributed by atoms with Crippen LogP contribution in [0.15, 0.2) is 0 Å². The van der Waals surface area contributed by atoms with Crippen molar-refractivity contribution in [1.82, 2.24) is 0 Å². The van der Waals surface area contributed by atoms with Crippen molar-refractivity contribution in [3.63, 3.8) is 0 Å². The van der Waals surface area contributed by atoms with E-state index < -0.39 is 28.6 Å². The summed E-state index contributed by atoms with van der Waals surface area (Å²) in [5.74, 6) is -0.840. The van der Waals surface area contributed by atoms with Gasteiger partial charge in [0.2, 0.25) is 0 Å². The molecule has 0 atom stereocenters. The molecule has 134 valence electrons. The van der Waals surface area contributed by atoms with E-state index in [0.29, 0.717) is 6.42 Å². The Labute approximate surface area is 141 Å². The van der Waals surface area contributed by atoms with E-state index in [-0.39, 0.29) is 5.92 Å². The molecule has 0 spiro atoms. The van der Waals surface area contributed by atoms with Gasteiger partial charge in [0.15, 0.2) is 5.41 Å². The van der Waals surface area contributed by atoms with Gasteiger partial charge in [0.25, 0.3) is 0 Å². The predicted octanol–water partition coefficient (Wildman–Crippen LogP) is 4.65. The van der Waals surface area contributed by atoms with Crippen LogP contribution in [0.25, 0.3) is 0 Å². The van der Waals surface area contributed by atoms with E-state index in [4.69, 9.17) is 9.47 Å². The van der Waals surface area contributed by atoms with Crippen LogP contribution in [-0.4, -0.2) is 23.1 Å². The molecule has 0 N–H and O–H groups in total. The van der Waals surface area contributed by atoms with Gasteiger partial charge in [-0.25, -0.2) is 0 Å². The Balaban J connectivity index is 3.20. The molecule has 0 unspecified atom stereocenters. The summed E-state index contributed by atoms with van der Waals surface area (Å²) in [5.41, 5.74) is -2.41. The highest BCUT2D eigenvalue weighted by Crippen LogP contribution is 2.44. The number of esters is 2. The first-order valence-electron chi connectivity index (χ1n) is 8.89. The number of carbonyl (C=O) groups excluding carboxylic acids is 2. The minimum Gasteiger partial charge on any atom is -0.459 e. The summed E-state index contributed by atoms with van der Waals surface area (Å²) in [6.07, 6.45) is 5.45. The van der Waals surface area contributed by atoms with Crippen LogP contribution < -0.4 is 0 Å². The maximum Gasteiger partial charge on any atom is 0.324 e. The minimum absolute atomic E-state index is 0.00551. The van der Waals surface area contributed by atoms with E-state index >= 15 is 0 Å². The van der Waals surface area contributed by atoms with Gasteiger partial charge < -0.3 is 9.47 Å². The fourth-order valence-corrected chi connectivity index (χ4v) is 3.33. The number of carbonyl (C=O) groups is 2. The number of hydrogen-bond acceptors (Lipinski definition) is 4. The van der Waals surface area contributed by atoms with Gasteiger partial charge in [0, 0.05) is 0 Å². The van der Waals surface area contributed by atoms with E-state index in [1.54, 1.807) is 0 Å². The van der Waals surface area contributed by atoms with Crippen molar-refractivity contribution in [1.29, 1.82) is 0 Å². The maximum absolute atomic E-state index is 13.0. The molecule has 0 heterocycles. The first-order valence-corrected chi connectivity index (χ1v) is 8.89. The monoisotopic (exact) mass is 326 g/mol. The molecule has 1 saturated carbocycles. The molecule has 23 heavy (non-hydrogen) atoms. The second-order valence-electron chi connectivity index (χ2n) is 8.66. The van der Waals surface area contributed by atoms with E-state index in [2.05, 4.69) is 0 Å². The van der Waals surface area contributed by atoms with Crippen molar-refractivity contribution in [3.05, 3.63) is 0 Å². The Hall–Kier alpha value is -1.06. The molecular formula is C19H34O4. The molecule has 0 aromatic heterocycles. The van der Waals surface area contributed by atoms with Crippen LogP contribution in [0.2, 0.25) is 0 Å². The molecule has 0 aromatic rings. The number of hydrogen-bond donors (Lipinski definition) is 0. The third-order valence-corrected chi connectivity index (χ3v) is 4.39. The summed E-state index contributed by atoms with van der Waals surface area (Å²) in [6.45, 7) is 12.9. The smallest absolute Gasteiger partial charge is 0.324 e. The van der Waals surface area contributed by atoms with Crippen LogP contribution in [0.4, 0.5) is 0 Å². The van der Waals surface area contributed by atoms with Gasteiger partial charge in [-0.05, 0) is 66.7 Å². The zero-order chi connectivity index (χ0) is 17.9. The summed E-state index contributed by atoms with van der Waals surface area (Å²) >= 11 is 0. The lowest BCUT2D eigenvalue weighted by Gasteiger charge is -2.40. The lowest BCUT2D eigenvalue weighted by molar-refractivity contribution is -0.191. The average Bonchev–Trinajstić information content (AvgIpc) is 2.37.